The predicted molar refractivity (Wildman–Crippen MR) is 222 cm³/mol. The first-order chi connectivity index (χ1) is 24.3. The van der Waals surface area contributed by atoms with Crippen molar-refractivity contribution >= 4 is 67.2 Å². The number of aliphatic hydroxyl groups is 1. The Morgan fingerprint density at radius 1 is 0.449 bits per heavy atom. The normalized spacial score (nSPS) is 10.1. The fraction of sp³-hybridized carbons (Fsp3) is 0.0455. The zero-order valence-electron chi connectivity index (χ0n) is 27.1. The second-order valence-corrected chi connectivity index (χ2v) is 15.4. The van der Waals surface area contributed by atoms with Gasteiger partial charge in [0.2, 0.25) is 0 Å². The zero-order chi connectivity index (χ0) is 34.4. The van der Waals surface area contributed by atoms with Crippen molar-refractivity contribution in [3.63, 3.8) is 0 Å². The summed E-state index contributed by atoms with van der Waals surface area (Å²) in [4.78, 5) is 0. The van der Waals surface area contributed by atoms with Gasteiger partial charge < -0.3 is 5.11 Å². The Hall–Kier alpha value is -3.25. The molecule has 0 fully saturated rings. The molecule has 0 heterocycles. The summed E-state index contributed by atoms with van der Waals surface area (Å²) in [7, 11) is -1.32. The first kappa shape index (κ1) is 38.6. The first-order valence-corrected chi connectivity index (χ1v) is 23.5. The van der Waals surface area contributed by atoms with Crippen molar-refractivity contribution in [3.8, 4) is 0 Å². The van der Waals surface area contributed by atoms with E-state index in [4.69, 9.17) is 5.11 Å². The van der Waals surface area contributed by atoms with E-state index in [0.29, 0.717) is 6.42 Å². The molecular weight excluding hydrogens is 840 g/mol. The number of rotatable bonds is 8. The number of halogens is 1. The van der Waals surface area contributed by atoms with Gasteiger partial charge in [-0.3, -0.25) is 0 Å². The summed E-state index contributed by atoms with van der Waals surface area (Å²) in [6.45, 7) is 0.209. The van der Waals surface area contributed by atoms with Gasteiger partial charge >= 0.3 is 35.1 Å². The quantitative estimate of drug-likeness (QED) is 0.0703. The Morgan fingerprint density at radius 3 is 1.04 bits per heavy atom. The molecular formula is C44H40IOP2Pd+. The Morgan fingerprint density at radius 2 is 0.755 bits per heavy atom. The van der Waals surface area contributed by atoms with Crippen molar-refractivity contribution in [2.45, 2.75) is 6.42 Å². The molecule has 248 valence electrons. The van der Waals surface area contributed by atoms with E-state index >= 15 is 0 Å². The molecule has 0 aliphatic rings. The van der Waals surface area contributed by atoms with E-state index in [1.54, 1.807) is 0 Å². The third-order valence-corrected chi connectivity index (χ3v) is 12.6. The second kappa shape index (κ2) is 23.2. The van der Waals surface area contributed by atoms with E-state index in [-0.39, 0.29) is 6.61 Å². The molecule has 0 saturated heterocycles. The third kappa shape index (κ3) is 12.9. The summed E-state index contributed by atoms with van der Waals surface area (Å²) in [5.41, 5.74) is 1.07. The molecule has 7 aromatic carbocycles. The molecule has 0 unspecified atom stereocenters. The van der Waals surface area contributed by atoms with Crippen molar-refractivity contribution in [2.24, 2.45) is 0 Å². The van der Waals surface area contributed by atoms with Gasteiger partial charge in [0.25, 0.3) is 0 Å². The van der Waals surface area contributed by atoms with E-state index in [1.165, 1.54) is 31.8 Å². The van der Waals surface area contributed by atoms with Crippen molar-refractivity contribution < 1.29 is 20.7 Å². The number of benzene rings is 7. The van der Waals surface area contributed by atoms with Gasteiger partial charge in [-0.25, -0.2) is 0 Å². The summed E-state index contributed by atoms with van der Waals surface area (Å²) >= 11 is 4.72. The second-order valence-electron chi connectivity index (χ2n) is 10.7. The van der Waals surface area contributed by atoms with E-state index in [1.807, 2.05) is 43.8 Å². The summed E-state index contributed by atoms with van der Waals surface area (Å²) in [6, 6.07) is 75.5. The Balaban J connectivity index is 0.000000171. The standard InChI is InChI=1S/2C18H15P.C8H9O.HI.Pd/c2*1-4-10-16(11-5-1)19(17-12-6-2-7-13-17)18-14-8-3-9-15-18;9-7-6-8-4-2-1-3-5-8;;/h2*1-15H;1-4,9H,6-7H2;1H;/q;;-1;;+2. The molecule has 1 N–H and O–H groups in total. The van der Waals surface area contributed by atoms with Gasteiger partial charge in [-0.2, -0.15) is 35.9 Å². The minimum Gasteiger partial charge on any atom is -0.0622 e. The van der Waals surface area contributed by atoms with Crippen LogP contribution in [0.2, 0.25) is 0 Å². The van der Waals surface area contributed by atoms with Gasteiger partial charge in [0.05, 0.1) is 7.92 Å². The third-order valence-electron chi connectivity index (χ3n) is 7.39. The molecule has 0 atom stereocenters. The first-order valence-electron chi connectivity index (χ1n) is 16.0. The maximum Gasteiger partial charge on any atom is 0.102 e. The largest absolute Gasteiger partial charge is 0.102 e. The van der Waals surface area contributed by atoms with E-state index in [9.17, 15) is 0 Å². The summed E-state index contributed by atoms with van der Waals surface area (Å²) < 4.78 is 0. The van der Waals surface area contributed by atoms with E-state index in [2.05, 4.69) is 204 Å². The van der Waals surface area contributed by atoms with Crippen LogP contribution in [0.5, 0.6) is 0 Å². The molecule has 0 aliphatic heterocycles. The van der Waals surface area contributed by atoms with Crippen LogP contribution in [0, 0.1) is 6.07 Å². The average molecular weight is 880 g/mol. The van der Waals surface area contributed by atoms with Gasteiger partial charge in [0.15, 0.2) is 0 Å². The molecule has 0 bridgehead atoms. The van der Waals surface area contributed by atoms with Gasteiger partial charge in [-0.15, -0.1) is 0 Å². The Kier molecular flexibility index (Phi) is 18.3. The molecule has 5 heteroatoms. The van der Waals surface area contributed by atoms with Crippen LogP contribution in [-0.4, -0.2) is 11.7 Å². The SMILES string of the molecule is OCCc1[c-]cccc1.[Pd+][I].c1ccc(P(c2ccccc2)c2ccccc2)cc1.c1ccc([PH+](c2ccccc2)c2ccccc2)cc1. The van der Waals surface area contributed by atoms with Crippen molar-refractivity contribution in [1.82, 2.24) is 0 Å². The summed E-state index contributed by atoms with van der Waals surface area (Å²) in [5.74, 6) is 0. The molecule has 0 amide bonds. The molecule has 0 radical (unpaired) electrons. The fourth-order valence-electron chi connectivity index (χ4n) is 5.20. The summed E-state index contributed by atoms with van der Waals surface area (Å²) in [5, 5.41) is 17.0. The van der Waals surface area contributed by atoms with Crippen LogP contribution in [0.25, 0.3) is 0 Å². The van der Waals surface area contributed by atoms with Crippen LogP contribution in [0.3, 0.4) is 0 Å². The smallest absolute Gasteiger partial charge is 0.0622 e. The molecule has 7 aromatic rings. The molecule has 0 aliphatic carbocycles. The van der Waals surface area contributed by atoms with Gasteiger partial charge in [0, 0.05) is 6.61 Å². The Bertz CT molecular complexity index is 1510. The molecule has 49 heavy (non-hydrogen) atoms. The number of aliphatic hydroxyl groups excluding tert-OH is 1. The van der Waals surface area contributed by atoms with Gasteiger partial charge in [-0.05, 0) is 66.7 Å². The maximum absolute atomic E-state index is 8.50. The van der Waals surface area contributed by atoms with Crippen molar-refractivity contribution in [2.75, 3.05) is 6.61 Å². The zero-order valence-corrected chi connectivity index (χ0v) is 32.7. The number of hydrogen-bond donors (Lipinski definition) is 1. The minimum atomic E-state index is -0.877. The summed E-state index contributed by atoms with van der Waals surface area (Å²) in [6.07, 6.45) is 0.709. The van der Waals surface area contributed by atoms with Crippen LogP contribution in [0.4, 0.5) is 0 Å². The van der Waals surface area contributed by atoms with Crippen LogP contribution >= 0.6 is 35.4 Å². The number of hydrogen-bond acceptors (Lipinski definition) is 1. The molecule has 0 spiro atoms. The van der Waals surface area contributed by atoms with E-state index < -0.39 is 15.8 Å². The van der Waals surface area contributed by atoms with Crippen LogP contribution in [0.15, 0.2) is 206 Å². The Labute approximate surface area is 316 Å². The predicted octanol–water partition coefficient (Wildman–Crippen LogP) is 8.53. The molecule has 1 nitrogen and oxygen atoms in total. The molecule has 0 aromatic heterocycles. The monoisotopic (exact) mass is 879 g/mol. The molecule has 0 saturated carbocycles. The topological polar surface area (TPSA) is 20.2 Å². The van der Waals surface area contributed by atoms with Crippen molar-refractivity contribution in [3.05, 3.63) is 218 Å². The van der Waals surface area contributed by atoms with Crippen LogP contribution < -0.4 is 31.8 Å². The fourth-order valence-corrected chi connectivity index (χ4v) is 10.1. The average Bonchev–Trinajstić information content (AvgIpc) is 3.20. The van der Waals surface area contributed by atoms with Crippen LogP contribution in [0.1, 0.15) is 5.56 Å². The molecule has 7 rings (SSSR count). The van der Waals surface area contributed by atoms with Gasteiger partial charge in [0.1, 0.15) is 15.9 Å². The maximum atomic E-state index is 8.50. The van der Waals surface area contributed by atoms with E-state index in [0.717, 1.165) is 5.56 Å². The van der Waals surface area contributed by atoms with Crippen molar-refractivity contribution in [1.29, 1.82) is 0 Å². The van der Waals surface area contributed by atoms with Gasteiger partial charge in [-0.1, -0.05) is 146 Å². The van der Waals surface area contributed by atoms with Crippen LogP contribution in [-0.2, 0) is 22.0 Å². The minimum absolute atomic E-state index is 0.209.